The van der Waals surface area contributed by atoms with E-state index < -0.39 is 0 Å². The van der Waals surface area contributed by atoms with Crippen LogP contribution in [-0.4, -0.2) is 48.6 Å². The largest absolute Gasteiger partial charge is 0.354 e. The standard InChI is InChI=1S/C47H31N5.C27H18ClN3.C20H14N2/c1-4-13-33(14-5-1)45-48-46(34-15-6-2-7-16-34)50-47(49-45)36-18-12-17-35(31-36)32-23-25-38(26-24-32)52-43-22-11-10-21-39(43)40-27-28-42-41(44(40)52)29-30-51(42)37-19-8-3-9-20-37;28-24-16-14-19(15-17-24)22-12-7-13-23(18-22)27-30-25(20-8-3-1-4-9-20)29-26(31-27)21-10-5-2-6-11-21;1-2-6-14(7-3-1)22-13-12-17-19(22)11-10-16-15-8-4-5-9-18(15)21-20(16)17/h1-31H;1-18H;1-13,21H. The van der Waals surface area contributed by atoms with Crippen molar-refractivity contribution in [3.63, 3.8) is 0 Å². The summed E-state index contributed by atoms with van der Waals surface area (Å²) in [5.74, 6) is 3.89. The van der Waals surface area contributed by atoms with Gasteiger partial charge in [-0.2, -0.15) is 0 Å². The molecule has 0 unspecified atom stereocenters. The van der Waals surface area contributed by atoms with Crippen molar-refractivity contribution in [2.24, 2.45) is 0 Å². The van der Waals surface area contributed by atoms with Gasteiger partial charge in [0.25, 0.3) is 0 Å². The summed E-state index contributed by atoms with van der Waals surface area (Å²) in [6.07, 6.45) is 4.32. The van der Waals surface area contributed by atoms with Crippen LogP contribution in [0, 0.1) is 0 Å². The molecular formula is C94H63ClN10. The number of para-hydroxylation sites is 4. The molecule has 0 saturated carbocycles. The molecule has 14 aromatic carbocycles. The Hall–Kier alpha value is -13.9. The van der Waals surface area contributed by atoms with Gasteiger partial charge in [0, 0.05) is 106 Å². The van der Waals surface area contributed by atoms with E-state index >= 15 is 0 Å². The molecule has 10 nitrogen and oxygen atoms in total. The smallest absolute Gasteiger partial charge is 0.164 e. The highest BCUT2D eigenvalue weighted by molar-refractivity contribution is 6.30. The first-order valence-electron chi connectivity index (χ1n) is 34.9. The van der Waals surface area contributed by atoms with Gasteiger partial charge in [0.05, 0.1) is 27.6 Å². The minimum Gasteiger partial charge on any atom is -0.354 e. The Labute approximate surface area is 610 Å². The van der Waals surface area contributed by atoms with Crippen molar-refractivity contribution < 1.29 is 0 Å². The van der Waals surface area contributed by atoms with E-state index in [9.17, 15) is 0 Å². The molecule has 11 heteroatoms. The second-order valence-corrected chi connectivity index (χ2v) is 26.1. The Morgan fingerprint density at radius 3 is 1.09 bits per heavy atom. The fourth-order valence-corrected chi connectivity index (χ4v) is 14.2. The molecule has 105 heavy (non-hydrogen) atoms. The lowest BCUT2D eigenvalue weighted by molar-refractivity contribution is 1.07. The normalized spacial score (nSPS) is 11.3. The van der Waals surface area contributed by atoms with Gasteiger partial charge in [0.2, 0.25) is 0 Å². The van der Waals surface area contributed by atoms with Crippen LogP contribution in [-0.2, 0) is 0 Å². The summed E-state index contributed by atoms with van der Waals surface area (Å²) in [5.41, 5.74) is 20.7. The van der Waals surface area contributed by atoms with E-state index in [2.05, 4.69) is 231 Å². The van der Waals surface area contributed by atoms with E-state index in [1.807, 2.05) is 164 Å². The van der Waals surface area contributed by atoms with Gasteiger partial charge in [-0.3, -0.25) is 0 Å². The lowest BCUT2D eigenvalue weighted by atomic mass is 10.0. The average molecular weight is 1370 g/mol. The topological polar surface area (TPSA) is 108 Å². The van der Waals surface area contributed by atoms with E-state index in [1.165, 1.54) is 71.1 Å². The number of hydrogen-bond acceptors (Lipinski definition) is 6. The van der Waals surface area contributed by atoms with Gasteiger partial charge in [0.15, 0.2) is 34.9 Å². The van der Waals surface area contributed by atoms with Crippen molar-refractivity contribution in [1.82, 2.24) is 48.6 Å². The maximum atomic E-state index is 6.05. The van der Waals surface area contributed by atoms with Crippen LogP contribution in [0.1, 0.15) is 0 Å². The molecule has 0 amide bonds. The van der Waals surface area contributed by atoms with E-state index in [4.69, 9.17) is 41.5 Å². The number of hydrogen-bond donors (Lipinski definition) is 1. The highest BCUT2D eigenvalue weighted by atomic mass is 35.5. The molecule has 0 bridgehead atoms. The Balaban J connectivity index is 0.000000124. The molecular weight excluding hydrogens is 1300 g/mol. The Kier molecular flexibility index (Phi) is 16.8. The SMILES string of the molecule is Clc1ccc(-c2cccc(-c3nc(-c4ccccc4)nc(-c4ccccc4)n3)c2)cc1.c1ccc(-c2nc(-c3ccccc3)nc(-c3cccc(-c4ccc(-n5c6ccccc6c6ccc7c(ccn7-c7ccccc7)c65)cc4)c3)n2)cc1.c1ccc(-n2ccc3c4[nH]c5ccccc5c4ccc32)cc1. The minimum absolute atomic E-state index is 0.642. The second kappa shape index (κ2) is 27.9. The third-order valence-corrected chi connectivity index (χ3v) is 19.4. The highest BCUT2D eigenvalue weighted by Crippen LogP contribution is 2.40. The summed E-state index contributed by atoms with van der Waals surface area (Å²) < 4.78 is 6.91. The van der Waals surface area contributed by atoms with Crippen LogP contribution < -0.4 is 0 Å². The molecule has 20 rings (SSSR count). The van der Waals surface area contributed by atoms with Crippen LogP contribution >= 0.6 is 11.6 Å². The van der Waals surface area contributed by atoms with Crippen molar-refractivity contribution in [3.8, 4) is 108 Å². The fourth-order valence-electron chi connectivity index (χ4n) is 14.1. The van der Waals surface area contributed by atoms with E-state index in [-0.39, 0.29) is 0 Å². The third-order valence-electron chi connectivity index (χ3n) is 19.2. The quantitative estimate of drug-likeness (QED) is 0.138. The van der Waals surface area contributed by atoms with Gasteiger partial charge in [0.1, 0.15) is 0 Å². The van der Waals surface area contributed by atoms with Gasteiger partial charge >= 0.3 is 0 Å². The molecule has 20 aromatic rings. The van der Waals surface area contributed by atoms with Gasteiger partial charge < -0.3 is 18.7 Å². The summed E-state index contributed by atoms with van der Waals surface area (Å²) in [4.78, 5) is 32.7. The van der Waals surface area contributed by atoms with Gasteiger partial charge in [-0.1, -0.05) is 279 Å². The number of nitrogens with zero attached hydrogens (tertiary/aromatic N) is 9. The molecule has 0 saturated heterocycles. The summed E-state index contributed by atoms with van der Waals surface area (Å²) in [6.45, 7) is 0. The van der Waals surface area contributed by atoms with Gasteiger partial charge in [-0.25, -0.2) is 29.9 Å². The zero-order valence-electron chi connectivity index (χ0n) is 56.7. The second-order valence-electron chi connectivity index (χ2n) is 25.7. The average Bonchev–Trinajstić information content (AvgIpc) is 1.59. The molecule has 0 atom stereocenters. The summed E-state index contributed by atoms with van der Waals surface area (Å²) in [5, 5.41) is 8.26. The molecule has 0 spiro atoms. The minimum atomic E-state index is 0.642. The Morgan fingerprint density at radius 1 is 0.229 bits per heavy atom. The van der Waals surface area contributed by atoms with Gasteiger partial charge in [-0.05, 0) is 119 Å². The lowest BCUT2D eigenvalue weighted by Gasteiger charge is -2.12. The molecule has 1 N–H and O–H groups in total. The zero-order valence-corrected chi connectivity index (χ0v) is 57.5. The first kappa shape index (κ1) is 63.3. The molecule has 0 aliphatic heterocycles. The fraction of sp³-hybridized carbons (Fsp3) is 0. The Morgan fingerprint density at radius 2 is 0.600 bits per heavy atom. The number of aromatic amines is 1. The molecule has 0 radical (unpaired) electrons. The van der Waals surface area contributed by atoms with Crippen molar-refractivity contribution in [2.45, 2.75) is 0 Å². The molecule has 6 aromatic heterocycles. The predicted molar refractivity (Wildman–Crippen MR) is 432 cm³/mol. The van der Waals surface area contributed by atoms with E-state index in [0.717, 1.165) is 72.0 Å². The summed E-state index contributed by atoms with van der Waals surface area (Å²) >= 11 is 6.05. The number of aromatic nitrogens is 10. The molecule has 0 aliphatic carbocycles. The van der Waals surface area contributed by atoms with Crippen LogP contribution in [0.15, 0.2) is 376 Å². The first-order chi connectivity index (χ1) is 52.0. The number of rotatable bonds is 11. The maximum absolute atomic E-state index is 6.05. The molecule has 6 heterocycles. The molecule has 0 aliphatic rings. The molecule has 496 valence electrons. The monoisotopic (exact) mass is 1370 g/mol. The number of benzene rings is 14. The first-order valence-corrected chi connectivity index (χ1v) is 35.3. The zero-order chi connectivity index (χ0) is 70.0. The molecule has 0 fully saturated rings. The number of fused-ring (bicyclic) bond motifs is 10. The highest BCUT2D eigenvalue weighted by Gasteiger charge is 2.20. The number of halogens is 1. The maximum Gasteiger partial charge on any atom is 0.164 e. The van der Waals surface area contributed by atoms with Crippen LogP contribution in [0.2, 0.25) is 5.02 Å². The van der Waals surface area contributed by atoms with Crippen molar-refractivity contribution in [1.29, 1.82) is 0 Å². The van der Waals surface area contributed by atoms with Crippen molar-refractivity contribution in [2.75, 3.05) is 0 Å². The van der Waals surface area contributed by atoms with Crippen LogP contribution in [0.5, 0.6) is 0 Å². The number of H-pyrrole nitrogens is 1. The van der Waals surface area contributed by atoms with E-state index in [0.29, 0.717) is 34.9 Å². The Bertz CT molecular complexity index is 6380. The third kappa shape index (κ3) is 12.5. The van der Waals surface area contributed by atoms with Crippen molar-refractivity contribution in [3.05, 3.63) is 381 Å². The van der Waals surface area contributed by atoms with Crippen molar-refractivity contribution >= 4 is 77.0 Å². The predicted octanol–water partition coefficient (Wildman–Crippen LogP) is 24.0. The van der Waals surface area contributed by atoms with E-state index in [1.54, 1.807) is 0 Å². The summed E-state index contributed by atoms with van der Waals surface area (Å²) in [6, 6.07) is 125. The van der Waals surface area contributed by atoms with Crippen LogP contribution in [0.25, 0.3) is 173 Å². The lowest BCUT2D eigenvalue weighted by Crippen LogP contribution is -2.00. The number of nitrogens with one attached hydrogen (secondary N) is 1. The van der Waals surface area contributed by atoms with Gasteiger partial charge in [-0.15, -0.1) is 0 Å². The van der Waals surface area contributed by atoms with Crippen LogP contribution in [0.4, 0.5) is 0 Å². The van der Waals surface area contributed by atoms with Crippen LogP contribution in [0.3, 0.4) is 0 Å². The summed E-state index contributed by atoms with van der Waals surface area (Å²) in [7, 11) is 0.